The molecule has 44 valence electrons. The predicted molar refractivity (Wildman–Crippen MR) is 37.9 cm³/mol. The summed E-state index contributed by atoms with van der Waals surface area (Å²) in [5, 5.41) is 0. The van der Waals surface area contributed by atoms with Gasteiger partial charge in [-0.05, 0) is 6.54 Å². The van der Waals surface area contributed by atoms with Crippen LogP contribution in [0.3, 0.4) is 0 Å². The highest BCUT2D eigenvalue weighted by Crippen LogP contribution is 1.72. The molecule has 0 aliphatic heterocycles. The van der Waals surface area contributed by atoms with E-state index in [9.17, 15) is 0 Å². The first kappa shape index (κ1) is 7.35. The summed E-state index contributed by atoms with van der Waals surface area (Å²) in [6.45, 7) is 3.34. The van der Waals surface area contributed by atoms with Gasteiger partial charge in [-0.3, -0.25) is 0 Å². The van der Waals surface area contributed by atoms with E-state index in [1.54, 1.807) is 7.11 Å². The first-order valence-electron chi connectivity index (χ1n) is 2.48. The average molecular weight is 135 g/mol. The lowest BCUT2D eigenvalue weighted by Gasteiger charge is -2.09. The van der Waals surface area contributed by atoms with Crippen molar-refractivity contribution in [3.8, 4) is 0 Å². The SMILES string of the molecule is CCN([SiH3])[SiH2]OC. The van der Waals surface area contributed by atoms with Crippen molar-refractivity contribution in [3.05, 3.63) is 0 Å². The zero-order valence-electron chi connectivity index (χ0n) is 5.27. The van der Waals surface area contributed by atoms with Crippen molar-refractivity contribution in [2.45, 2.75) is 6.92 Å². The molecule has 0 amide bonds. The van der Waals surface area contributed by atoms with Gasteiger partial charge in [0.15, 0.2) is 0 Å². The first-order valence-corrected chi connectivity index (χ1v) is 4.59. The van der Waals surface area contributed by atoms with Crippen molar-refractivity contribution < 1.29 is 4.43 Å². The van der Waals surface area contributed by atoms with Gasteiger partial charge in [0.05, 0.1) is 10.4 Å². The fourth-order valence-electron chi connectivity index (χ4n) is 0.312. The molecule has 0 saturated heterocycles. The second-order valence-corrected chi connectivity index (χ2v) is 6.04. The third-order valence-electron chi connectivity index (χ3n) is 0.889. The molecule has 0 aromatic carbocycles. The molecule has 0 bridgehead atoms. The highest BCUT2D eigenvalue weighted by molar-refractivity contribution is 6.35. The van der Waals surface area contributed by atoms with Gasteiger partial charge >= 0.3 is 0 Å². The molecule has 4 heteroatoms. The van der Waals surface area contributed by atoms with E-state index in [1.165, 1.54) is 16.9 Å². The molecule has 0 N–H and O–H groups in total. The summed E-state index contributed by atoms with van der Waals surface area (Å²) in [6.07, 6.45) is 0. The lowest BCUT2D eigenvalue weighted by atomic mass is 10.8. The minimum Gasteiger partial charge on any atom is -0.412 e. The van der Waals surface area contributed by atoms with Gasteiger partial charge in [0.25, 0.3) is 0 Å². The smallest absolute Gasteiger partial charge is 0.230 e. The van der Waals surface area contributed by atoms with Gasteiger partial charge in [-0.25, -0.2) is 0 Å². The highest BCUT2D eigenvalue weighted by Gasteiger charge is 1.88. The first-order chi connectivity index (χ1) is 3.31. The maximum Gasteiger partial charge on any atom is 0.230 e. The molecular weight excluding hydrogens is 122 g/mol. The van der Waals surface area contributed by atoms with Crippen LogP contribution in [0.25, 0.3) is 0 Å². The van der Waals surface area contributed by atoms with E-state index in [1.807, 2.05) is 0 Å². The number of hydrogen-bond acceptors (Lipinski definition) is 2. The quantitative estimate of drug-likeness (QED) is 0.425. The van der Waals surface area contributed by atoms with E-state index < -0.39 is 0 Å². The Kier molecular flexibility index (Phi) is 4.74. The third-order valence-corrected chi connectivity index (χ3v) is 3.44. The van der Waals surface area contributed by atoms with Gasteiger partial charge in [0, 0.05) is 7.11 Å². The molecule has 0 heterocycles. The molecule has 0 aliphatic carbocycles. The van der Waals surface area contributed by atoms with Crippen molar-refractivity contribution in [1.29, 1.82) is 0 Å². The Morgan fingerprint density at radius 1 is 1.86 bits per heavy atom. The van der Waals surface area contributed by atoms with Crippen molar-refractivity contribution in [3.63, 3.8) is 0 Å². The molecule has 7 heavy (non-hydrogen) atoms. The Hall–Kier alpha value is 0.354. The van der Waals surface area contributed by atoms with Gasteiger partial charge in [0.1, 0.15) is 0 Å². The summed E-state index contributed by atoms with van der Waals surface area (Å²) in [6, 6.07) is 0. The van der Waals surface area contributed by atoms with Crippen molar-refractivity contribution in [2.75, 3.05) is 13.7 Å². The Balaban J connectivity index is 2.83. The fourth-order valence-corrected chi connectivity index (χ4v) is 1.71. The van der Waals surface area contributed by atoms with Crippen LogP contribution in [0.2, 0.25) is 0 Å². The minimum absolute atomic E-state index is 0.259. The molecule has 0 rings (SSSR count). The van der Waals surface area contributed by atoms with Crippen LogP contribution in [0.15, 0.2) is 0 Å². The second kappa shape index (κ2) is 4.51. The lowest BCUT2D eigenvalue weighted by Crippen LogP contribution is -2.25. The van der Waals surface area contributed by atoms with E-state index in [2.05, 4.69) is 11.2 Å². The molecule has 0 radical (unpaired) electrons. The molecule has 0 spiro atoms. The number of hydrogen-bond donors (Lipinski definition) is 0. The molecule has 0 aromatic rings. The Labute approximate surface area is 50.4 Å². The Morgan fingerprint density at radius 3 is 2.57 bits per heavy atom. The van der Waals surface area contributed by atoms with E-state index >= 15 is 0 Å². The van der Waals surface area contributed by atoms with Crippen LogP contribution in [0.4, 0.5) is 0 Å². The van der Waals surface area contributed by atoms with Crippen LogP contribution < -0.4 is 0 Å². The van der Waals surface area contributed by atoms with Crippen molar-refractivity contribution in [1.82, 2.24) is 4.23 Å². The van der Waals surface area contributed by atoms with Crippen LogP contribution >= 0.6 is 0 Å². The monoisotopic (exact) mass is 135 g/mol. The maximum absolute atomic E-state index is 4.99. The minimum atomic E-state index is -0.259. The lowest BCUT2D eigenvalue weighted by molar-refractivity contribution is 0.406. The van der Waals surface area contributed by atoms with Crippen LogP contribution in [-0.4, -0.2) is 38.2 Å². The van der Waals surface area contributed by atoms with Crippen LogP contribution in [0.5, 0.6) is 0 Å². The van der Waals surface area contributed by atoms with Crippen LogP contribution in [0.1, 0.15) is 6.92 Å². The van der Waals surface area contributed by atoms with Gasteiger partial charge in [-0.2, -0.15) is 0 Å². The predicted octanol–water partition coefficient (Wildman–Crippen LogP) is -1.77. The Morgan fingerprint density at radius 2 is 2.43 bits per heavy atom. The molecule has 2 nitrogen and oxygen atoms in total. The maximum atomic E-state index is 4.99. The molecule has 0 unspecified atom stereocenters. The standard InChI is InChI=1S/C3H13NOSi2/c1-3-4(6)7-5-2/h3,7H2,1-2,6H3. The summed E-state index contributed by atoms with van der Waals surface area (Å²) in [7, 11) is 2.70. The van der Waals surface area contributed by atoms with Gasteiger partial charge in [-0.15, -0.1) is 0 Å². The second-order valence-electron chi connectivity index (χ2n) is 1.59. The van der Waals surface area contributed by atoms with E-state index in [0.717, 1.165) is 0 Å². The molecule has 0 aliphatic rings. The molecule has 0 atom stereocenters. The van der Waals surface area contributed by atoms with Crippen LogP contribution in [0, 0.1) is 0 Å². The fraction of sp³-hybridized carbons (Fsp3) is 1.00. The summed E-state index contributed by atoms with van der Waals surface area (Å²) in [5.74, 6) is 0. The van der Waals surface area contributed by atoms with Gasteiger partial charge < -0.3 is 8.66 Å². The molecule has 0 aromatic heterocycles. The third kappa shape index (κ3) is 4.20. The largest absolute Gasteiger partial charge is 0.412 e. The van der Waals surface area contributed by atoms with Crippen molar-refractivity contribution >= 4 is 20.3 Å². The zero-order valence-corrected chi connectivity index (χ0v) is 8.68. The van der Waals surface area contributed by atoms with E-state index in [0.29, 0.717) is 0 Å². The molecule has 0 saturated carbocycles. The molecule has 0 fully saturated rings. The van der Waals surface area contributed by atoms with E-state index in [-0.39, 0.29) is 9.92 Å². The summed E-state index contributed by atoms with van der Waals surface area (Å²) in [5.41, 5.74) is 0. The Bertz CT molecular complexity index is 43.9. The van der Waals surface area contributed by atoms with Crippen LogP contribution in [-0.2, 0) is 4.43 Å². The van der Waals surface area contributed by atoms with Crippen molar-refractivity contribution in [2.24, 2.45) is 0 Å². The summed E-state index contributed by atoms with van der Waals surface area (Å²) in [4.78, 5) is 0. The van der Waals surface area contributed by atoms with E-state index in [4.69, 9.17) is 4.43 Å². The topological polar surface area (TPSA) is 12.5 Å². The number of rotatable bonds is 3. The molecular formula is C3H13NOSi2. The van der Waals surface area contributed by atoms with Gasteiger partial charge in [-0.1, -0.05) is 6.92 Å². The zero-order chi connectivity index (χ0) is 5.70. The summed E-state index contributed by atoms with van der Waals surface area (Å²) >= 11 is 0. The highest BCUT2D eigenvalue weighted by atomic mass is 28.3. The average Bonchev–Trinajstić information content (AvgIpc) is 1.68. The van der Waals surface area contributed by atoms with Gasteiger partial charge in [0.2, 0.25) is 9.92 Å². The normalized spacial score (nSPS) is 12.4. The number of nitrogens with zero attached hydrogens (tertiary/aromatic N) is 1. The summed E-state index contributed by atoms with van der Waals surface area (Å²) < 4.78 is 7.36.